The Morgan fingerprint density at radius 1 is 1.24 bits per heavy atom. The Kier molecular flexibility index (Phi) is 4.75. The summed E-state index contributed by atoms with van der Waals surface area (Å²) in [4.78, 5) is 21.3. The quantitative estimate of drug-likeness (QED) is 0.441. The van der Waals surface area contributed by atoms with Crippen molar-refractivity contribution in [2.75, 3.05) is 11.1 Å². The number of pyridine rings is 2. The summed E-state index contributed by atoms with van der Waals surface area (Å²) in [6, 6.07) is 7.82. The van der Waals surface area contributed by atoms with Gasteiger partial charge in [-0.25, -0.2) is 9.97 Å². The van der Waals surface area contributed by atoms with Crippen LogP contribution in [0.1, 0.15) is 20.9 Å². The highest BCUT2D eigenvalue weighted by atomic mass is 32.1. The fraction of sp³-hybridized carbons (Fsp3) is 0.105. The van der Waals surface area contributed by atoms with Crippen LogP contribution >= 0.6 is 22.7 Å². The summed E-state index contributed by atoms with van der Waals surface area (Å²) in [5, 5.41) is 4.72. The van der Waals surface area contributed by atoms with Gasteiger partial charge in [0.2, 0.25) is 0 Å². The summed E-state index contributed by atoms with van der Waals surface area (Å²) >= 11 is 2.11. The van der Waals surface area contributed by atoms with Crippen LogP contribution in [0.2, 0.25) is 0 Å². The molecule has 0 aliphatic rings. The van der Waals surface area contributed by atoms with Crippen LogP contribution in [0.25, 0.3) is 20.7 Å². The van der Waals surface area contributed by atoms with E-state index in [1.807, 2.05) is 6.92 Å². The van der Waals surface area contributed by atoms with Gasteiger partial charge in [-0.15, -0.1) is 22.7 Å². The largest absolute Gasteiger partial charge is 0.433 e. The van der Waals surface area contributed by atoms with E-state index in [1.54, 1.807) is 35.8 Å². The number of alkyl halides is 3. The Morgan fingerprint density at radius 2 is 2.03 bits per heavy atom. The first-order valence-electron chi connectivity index (χ1n) is 8.32. The zero-order chi connectivity index (χ0) is 20.8. The number of halogens is 3. The Bertz CT molecular complexity index is 1200. The molecule has 0 aliphatic heterocycles. The van der Waals surface area contributed by atoms with Gasteiger partial charge in [0.1, 0.15) is 21.2 Å². The number of aromatic nitrogens is 2. The molecule has 4 heterocycles. The molecule has 3 N–H and O–H groups in total. The average Bonchev–Trinajstić information content (AvgIpc) is 3.31. The van der Waals surface area contributed by atoms with Crippen LogP contribution in [-0.2, 0) is 6.18 Å². The minimum absolute atomic E-state index is 0.0581. The molecule has 0 unspecified atom stereocenters. The van der Waals surface area contributed by atoms with Gasteiger partial charge in [0.05, 0.1) is 5.69 Å². The summed E-state index contributed by atoms with van der Waals surface area (Å²) in [5.41, 5.74) is 6.50. The van der Waals surface area contributed by atoms with Crippen LogP contribution in [0.5, 0.6) is 0 Å². The van der Waals surface area contributed by atoms with E-state index in [2.05, 4.69) is 15.3 Å². The number of nitrogens with two attached hydrogens (primary N) is 1. The molecule has 4 aromatic heterocycles. The third-order valence-corrected chi connectivity index (χ3v) is 6.14. The molecule has 0 saturated carbocycles. The molecule has 148 valence electrons. The molecular formula is C19H13F3N4OS2. The molecule has 0 fully saturated rings. The maximum Gasteiger partial charge on any atom is 0.433 e. The number of hydrogen-bond donors (Lipinski definition) is 2. The lowest BCUT2D eigenvalue weighted by molar-refractivity contribution is -0.140. The lowest BCUT2D eigenvalue weighted by Crippen LogP contribution is -2.13. The van der Waals surface area contributed by atoms with Crippen molar-refractivity contribution in [1.82, 2.24) is 9.97 Å². The highest BCUT2D eigenvalue weighted by molar-refractivity contribution is 7.21. The predicted octanol–water partition coefficient (Wildman–Crippen LogP) is 5.58. The number of carbonyl (C=O) groups excluding carboxylic acids is 1. The van der Waals surface area contributed by atoms with E-state index in [9.17, 15) is 18.0 Å². The number of amides is 1. The third-order valence-electron chi connectivity index (χ3n) is 4.14. The number of nitrogen functional groups attached to an aromatic ring is 1. The van der Waals surface area contributed by atoms with Crippen molar-refractivity contribution >= 4 is 50.3 Å². The van der Waals surface area contributed by atoms with E-state index >= 15 is 0 Å². The summed E-state index contributed by atoms with van der Waals surface area (Å²) in [6.45, 7) is 1.86. The smallest absolute Gasteiger partial charge is 0.397 e. The molecule has 1 amide bonds. The Hall–Kier alpha value is -2.98. The molecule has 0 aliphatic carbocycles. The molecule has 0 radical (unpaired) electrons. The van der Waals surface area contributed by atoms with Gasteiger partial charge in [-0.3, -0.25) is 4.79 Å². The summed E-state index contributed by atoms with van der Waals surface area (Å²) in [7, 11) is 0. The van der Waals surface area contributed by atoms with E-state index in [4.69, 9.17) is 5.73 Å². The summed E-state index contributed by atoms with van der Waals surface area (Å²) in [5.74, 6) is -0.229. The van der Waals surface area contributed by atoms with E-state index in [0.29, 0.717) is 21.6 Å². The second kappa shape index (κ2) is 7.12. The highest BCUT2D eigenvalue weighted by Gasteiger charge is 2.35. The van der Waals surface area contributed by atoms with Crippen LogP contribution in [0, 0.1) is 6.92 Å². The maximum absolute atomic E-state index is 13.4. The average molecular weight is 434 g/mol. The van der Waals surface area contributed by atoms with E-state index < -0.39 is 17.8 Å². The highest BCUT2D eigenvalue weighted by Crippen LogP contribution is 2.43. The molecule has 4 aromatic rings. The topological polar surface area (TPSA) is 80.9 Å². The van der Waals surface area contributed by atoms with Gasteiger partial charge in [-0.2, -0.15) is 13.2 Å². The molecule has 0 atom stereocenters. The number of nitrogens with one attached hydrogen (secondary N) is 1. The van der Waals surface area contributed by atoms with Crippen molar-refractivity contribution in [1.29, 1.82) is 0 Å². The number of anilines is 2. The van der Waals surface area contributed by atoms with E-state index in [0.717, 1.165) is 23.0 Å². The van der Waals surface area contributed by atoms with Crippen molar-refractivity contribution in [2.24, 2.45) is 0 Å². The maximum atomic E-state index is 13.4. The zero-order valence-corrected chi connectivity index (χ0v) is 16.5. The molecule has 4 rings (SSSR count). The number of hydrogen-bond acceptors (Lipinski definition) is 6. The van der Waals surface area contributed by atoms with Crippen molar-refractivity contribution in [3.05, 3.63) is 58.0 Å². The SMILES string of the molecule is Cc1ccc(NC(=O)c2sc3nc(C(F)(F)F)cc(-c4cccs4)c3c2N)nc1. The predicted molar refractivity (Wildman–Crippen MR) is 109 cm³/mol. The lowest BCUT2D eigenvalue weighted by Gasteiger charge is -2.09. The van der Waals surface area contributed by atoms with Gasteiger partial charge in [0, 0.05) is 22.0 Å². The molecule has 0 aromatic carbocycles. The molecule has 0 saturated heterocycles. The van der Waals surface area contributed by atoms with Gasteiger partial charge < -0.3 is 11.1 Å². The normalized spacial score (nSPS) is 11.7. The monoisotopic (exact) mass is 434 g/mol. The summed E-state index contributed by atoms with van der Waals surface area (Å²) in [6.07, 6.45) is -3.02. The first-order valence-corrected chi connectivity index (χ1v) is 10.0. The van der Waals surface area contributed by atoms with Crippen LogP contribution in [0.4, 0.5) is 24.7 Å². The van der Waals surface area contributed by atoms with Crippen LogP contribution in [0.15, 0.2) is 41.9 Å². The lowest BCUT2D eigenvalue weighted by atomic mass is 10.1. The number of nitrogens with zero attached hydrogens (tertiary/aromatic N) is 2. The van der Waals surface area contributed by atoms with Crippen LogP contribution in [0.3, 0.4) is 0 Å². The molecule has 5 nitrogen and oxygen atoms in total. The molecule has 0 spiro atoms. The molecule has 29 heavy (non-hydrogen) atoms. The van der Waals surface area contributed by atoms with Gasteiger partial charge in [-0.1, -0.05) is 12.1 Å². The number of carbonyl (C=O) groups is 1. The van der Waals surface area contributed by atoms with Gasteiger partial charge in [0.15, 0.2) is 0 Å². The first kappa shape index (κ1) is 19.3. The number of thiophene rings is 2. The van der Waals surface area contributed by atoms with Gasteiger partial charge in [-0.05, 0) is 36.1 Å². The second-order valence-electron chi connectivity index (χ2n) is 6.23. The molecular weight excluding hydrogens is 421 g/mol. The van der Waals surface area contributed by atoms with E-state index in [1.165, 1.54) is 11.3 Å². The molecule has 10 heteroatoms. The Morgan fingerprint density at radius 3 is 2.66 bits per heavy atom. The second-order valence-corrected chi connectivity index (χ2v) is 8.18. The third kappa shape index (κ3) is 3.68. The number of fused-ring (bicyclic) bond motifs is 1. The Labute approximate surface area is 171 Å². The van der Waals surface area contributed by atoms with Crippen LogP contribution in [-0.4, -0.2) is 15.9 Å². The van der Waals surface area contributed by atoms with Crippen molar-refractivity contribution < 1.29 is 18.0 Å². The fourth-order valence-corrected chi connectivity index (χ4v) is 4.54. The fourth-order valence-electron chi connectivity index (χ4n) is 2.78. The minimum atomic E-state index is -4.62. The number of aryl methyl sites for hydroxylation is 1. The first-order chi connectivity index (χ1) is 13.7. The molecule has 0 bridgehead atoms. The Balaban J connectivity index is 1.84. The summed E-state index contributed by atoms with van der Waals surface area (Å²) < 4.78 is 40.1. The van der Waals surface area contributed by atoms with Crippen molar-refractivity contribution in [2.45, 2.75) is 13.1 Å². The van der Waals surface area contributed by atoms with Crippen LogP contribution < -0.4 is 11.1 Å². The number of rotatable bonds is 3. The van der Waals surface area contributed by atoms with Gasteiger partial charge >= 0.3 is 6.18 Å². The minimum Gasteiger partial charge on any atom is -0.397 e. The standard InChI is InChI=1S/C19H13F3N4OS2/c1-9-4-5-13(24-8-9)26-17(27)16-15(23)14-10(11-3-2-6-28-11)7-12(19(20,21)22)25-18(14)29-16/h2-8H,23H2,1H3,(H,24,26,27). The van der Waals surface area contributed by atoms with Gasteiger partial charge in [0.25, 0.3) is 5.91 Å². The van der Waals surface area contributed by atoms with Crippen molar-refractivity contribution in [3.63, 3.8) is 0 Å². The zero-order valence-electron chi connectivity index (χ0n) is 14.9. The van der Waals surface area contributed by atoms with E-state index in [-0.39, 0.29) is 15.4 Å². The van der Waals surface area contributed by atoms with Crippen molar-refractivity contribution in [3.8, 4) is 10.4 Å².